The van der Waals surface area contributed by atoms with Crippen LogP contribution in [0.5, 0.6) is 0 Å². The second-order valence-corrected chi connectivity index (χ2v) is 2.24. The van der Waals surface area contributed by atoms with Gasteiger partial charge in [0, 0.05) is 6.08 Å². The third-order valence-corrected chi connectivity index (χ3v) is 1.49. The highest BCUT2D eigenvalue weighted by Gasteiger charge is 2.21. The molecule has 1 unspecified atom stereocenters. The van der Waals surface area contributed by atoms with Crippen LogP contribution < -0.4 is 0 Å². The molecule has 0 saturated heterocycles. The largest absolute Gasteiger partial charge is 0.508 e. The quantitative estimate of drug-likeness (QED) is 0.418. The van der Waals surface area contributed by atoms with Crippen molar-refractivity contribution >= 4 is 5.71 Å². The zero-order valence-corrected chi connectivity index (χ0v) is 5.81. The van der Waals surface area contributed by atoms with Gasteiger partial charge in [0.1, 0.15) is 11.7 Å². The minimum absolute atomic E-state index is 0.0800. The lowest BCUT2D eigenvalue weighted by Crippen LogP contribution is -2.18. The van der Waals surface area contributed by atoms with Crippen LogP contribution in [0.15, 0.2) is 24.0 Å². The monoisotopic (exact) mass is 152 g/mol. The topological polar surface area (TPSA) is 76.9 Å². The maximum Gasteiger partial charge on any atom is 0.301 e. The first-order valence-corrected chi connectivity index (χ1v) is 3.19. The van der Waals surface area contributed by atoms with Gasteiger partial charge in [0.25, 0.3) is 0 Å². The van der Waals surface area contributed by atoms with Gasteiger partial charge in [-0.1, -0.05) is 0 Å². The highest BCUT2D eigenvalue weighted by Crippen LogP contribution is 2.10. The summed E-state index contributed by atoms with van der Waals surface area (Å²) in [6, 6.07) is 0. The minimum Gasteiger partial charge on any atom is -0.508 e. The molecule has 0 aromatic rings. The Labute approximate surface area is 63.7 Å². The Hall–Kier alpha value is -1.38. The molecule has 4 nitrogen and oxygen atoms in total. The molecule has 0 heterocycles. The van der Waals surface area contributed by atoms with Crippen LogP contribution in [0.25, 0.3) is 5.53 Å². The molecule has 1 aliphatic rings. The minimum atomic E-state index is -0.398. The average Bonchev–Trinajstić information content (AvgIpc) is 2.04. The molecule has 2 N–H and O–H groups in total. The molecule has 0 aromatic heterocycles. The van der Waals surface area contributed by atoms with E-state index in [-0.39, 0.29) is 12.4 Å². The van der Waals surface area contributed by atoms with Crippen LogP contribution in [-0.2, 0) is 0 Å². The highest BCUT2D eigenvalue weighted by molar-refractivity contribution is 5.95. The molecular weight excluding hydrogens is 144 g/mol. The number of aliphatic hydroxyl groups is 2. The molecule has 0 bridgehead atoms. The van der Waals surface area contributed by atoms with Crippen LogP contribution in [0.4, 0.5) is 0 Å². The van der Waals surface area contributed by atoms with Crippen LogP contribution in [0.1, 0.15) is 0 Å². The van der Waals surface area contributed by atoms with Crippen molar-refractivity contribution in [1.82, 2.24) is 0 Å². The van der Waals surface area contributed by atoms with Crippen molar-refractivity contribution in [2.45, 2.75) is 0 Å². The smallest absolute Gasteiger partial charge is 0.301 e. The van der Waals surface area contributed by atoms with Crippen molar-refractivity contribution in [2.75, 3.05) is 6.61 Å². The van der Waals surface area contributed by atoms with Crippen molar-refractivity contribution in [3.8, 4) is 0 Å². The molecule has 0 saturated carbocycles. The van der Waals surface area contributed by atoms with E-state index in [0.717, 1.165) is 0 Å². The fourth-order valence-electron chi connectivity index (χ4n) is 0.895. The summed E-state index contributed by atoms with van der Waals surface area (Å²) in [5.41, 5.74) is 8.75. The van der Waals surface area contributed by atoms with E-state index in [1.54, 1.807) is 0 Å². The summed E-state index contributed by atoms with van der Waals surface area (Å²) in [4.78, 5) is 2.95. The molecular formula is C7H8N2O2. The van der Waals surface area contributed by atoms with Crippen molar-refractivity contribution in [3.63, 3.8) is 0 Å². The second-order valence-electron chi connectivity index (χ2n) is 2.24. The SMILES string of the molecule is [N-]=[N+]=C1C=CC(O)=CC1CO. The molecule has 0 fully saturated rings. The number of nitrogens with zero attached hydrogens (tertiary/aromatic N) is 2. The molecule has 0 aromatic carbocycles. The Bertz CT molecular complexity index is 262. The molecule has 0 amide bonds. The lowest BCUT2D eigenvalue weighted by Gasteiger charge is -2.05. The van der Waals surface area contributed by atoms with E-state index in [1.165, 1.54) is 18.2 Å². The molecule has 1 aliphatic carbocycles. The van der Waals surface area contributed by atoms with E-state index in [4.69, 9.17) is 15.7 Å². The summed E-state index contributed by atoms with van der Waals surface area (Å²) in [5.74, 6) is -0.318. The van der Waals surface area contributed by atoms with Gasteiger partial charge in [-0.25, -0.2) is 0 Å². The van der Waals surface area contributed by atoms with Crippen LogP contribution in [0.3, 0.4) is 0 Å². The summed E-state index contributed by atoms with van der Waals surface area (Å²) >= 11 is 0. The standard InChI is InChI=1S/C7H8N2O2/c8-9-7-2-1-6(11)3-5(7)4-10/h1-3,5,10-11H,4H2. The summed E-state index contributed by atoms with van der Waals surface area (Å²) in [6.45, 7) is -0.173. The van der Waals surface area contributed by atoms with Gasteiger partial charge >= 0.3 is 5.71 Å². The van der Waals surface area contributed by atoms with Crippen LogP contribution in [0.2, 0.25) is 0 Å². The van der Waals surface area contributed by atoms with E-state index in [2.05, 4.69) is 4.79 Å². The molecule has 0 radical (unpaired) electrons. The van der Waals surface area contributed by atoms with Gasteiger partial charge in [0.2, 0.25) is 0 Å². The molecule has 58 valence electrons. The Morgan fingerprint density at radius 1 is 1.55 bits per heavy atom. The summed E-state index contributed by atoms with van der Waals surface area (Å²) in [7, 11) is 0. The number of hydrogen-bond donors (Lipinski definition) is 2. The van der Waals surface area contributed by atoms with E-state index in [1.807, 2.05) is 0 Å². The van der Waals surface area contributed by atoms with E-state index >= 15 is 0 Å². The fourth-order valence-corrected chi connectivity index (χ4v) is 0.895. The first kappa shape index (κ1) is 7.72. The summed E-state index contributed by atoms with van der Waals surface area (Å²) in [5, 5.41) is 17.7. The normalized spacial score (nSPS) is 22.8. The first-order valence-electron chi connectivity index (χ1n) is 3.19. The molecule has 11 heavy (non-hydrogen) atoms. The molecule has 1 atom stereocenters. The van der Waals surface area contributed by atoms with Gasteiger partial charge in [-0.15, -0.1) is 0 Å². The maximum absolute atomic E-state index is 8.95. The van der Waals surface area contributed by atoms with E-state index < -0.39 is 5.92 Å². The zero-order valence-electron chi connectivity index (χ0n) is 5.81. The van der Waals surface area contributed by atoms with Crippen molar-refractivity contribution < 1.29 is 15.0 Å². The van der Waals surface area contributed by atoms with Gasteiger partial charge in [0.05, 0.1) is 6.61 Å². The predicted octanol–water partition coefficient (Wildman–Crippen LogP) is 0.277. The summed E-state index contributed by atoms with van der Waals surface area (Å²) < 4.78 is 0. The Kier molecular flexibility index (Phi) is 2.21. The number of rotatable bonds is 1. The molecule has 0 spiro atoms. The van der Waals surface area contributed by atoms with Crippen molar-refractivity contribution in [3.05, 3.63) is 29.5 Å². The van der Waals surface area contributed by atoms with Crippen LogP contribution >= 0.6 is 0 Å². The van der Waals surface area contributed by atoms with E-state index in [9.17, 15) is 0 Å². The Morgan fingerprint density at radius 2 is 2.27 bits per heavy atom. The molecule has 0 aliphatic heterocycles. The number of aliphatic hydroxyl groups excluding tert-OH is 2. The zero-order chi connectivity index (χ0) is 8.27. The van der Waals surface area contributed by atoms with E-state index in [0.29, 0.717) is 5.71 Å². The van der Waals surface area contributed by atoms with Crippen LogP contribution in [0, 0.1) is 5.92 Å². The first-order chi connectivity index (χ1) is 5.27. The number of hydrogen-bond acceptors (Lipinski definition) is 2. The maximum atomic E-state index is 8.95. The summed E-state index contributed by atoms with van der Waals surface area (Å²) in [6.07, 6.45) is 4.28. The Balaban J connectivity index is 2.92. The van der Waals surface area contributed by atoms with Gasteiger partial charge in [-0.05, 0) is 12.2 Å². The average molecular weight is 152 g/mol. The predicted molar refractivity (Wildman–Crippen MR) is 39.1 cm³/mol. The highest BCUT2D eigenvalue weighted by atomic mass is 16.3. The molecule has 4 heteroatoms. The number of allylic oxidation sites excluding steroid dienone is 2. The second kappa shape index (κ2) is 3.14. The Morgan fingerprint density at radius 3 is 2.82 bits per heavy atom. The van der Waals surface area contributed by atoms with Gasteiger partial charge in [-0.2, -0.15) is 4.79 Å². The third kappa shape index (κ3) is 1.55. The van der Waals surface area contributed by atoms with Crippen molar-refractivity contribution in [1.29, 1.82) is 0 Å². The lowest BCUT2D eigenvalue weighted by atomic mass is 9.99. The third-order valence-electron chi connectivity index (χ3n) is 1.49. The van der Waals surface area contributed by atoms with Crippen molar-refractivity contribution in [2.24, 2.45) is 5.92 Å². The fraction of sp³-hybridized carbons (Fsp3) is 0.286. The van der Waals surface area contributed by atoms with Crippen LogP contribution in [-0.4, -0.2) is 27.3 Å². The lowest BCUT2D eigenvalue weighted by molar-refractivity contribution is -0.0112. The molecule has 1 rings (SSSR count). The van der Waals surface area contributed by atoms with Gasteiger partial charge in [-0.3, -0.25) is 0 Å². The van der Waals surface area contributed by atoms with Gasteiger partial charge < -0.3 is 15.7 Å². The van der Waals surface area contributed by atoms with Gasteiger partial charge in [0.15, 0.2) is 0 Å².